The van der Waals surface area contributed by atoms with E-state index in [-0.39, 0.29) is 6.04 Å². The van der Waals surface area contributed by atoms with Gasteiger partial charge in [0.1, 0.15) is 5.76 Å². The second kappa shape index (κ2) is 13.0. The Labute approximate surface area is 181 Å². The number of guanidine groups is 1. The predicted octanol–water partition coefficient (Wildman–Crippen LogP) is 3.29. The molecule has 3 rings (SSSR count). The zero-order valence-corrected chi connectivity index (χ0v) is 18.9. The van der Waals surface area contributed by atoms with E-state index in [1.165, 1.54) is 19.3 Å². The maximum Gasteiger partial charge on any atom is 0.193 e. The van der Waals surface area contributed by atoms with Crippen LogP contribution in [0.25, 0.3) is 0 Å². The normalized spacial score (nSPS) is 20.5. The third kappa shape index (κ3) is 7.00. The SMILES string of the molecule is CCNC(=NCC(c1ccco1)N1CCCCC1)N1CCC(OCCCOC)CC1. The van der Waals surface area contributed by atoms with E-state index in [1.807, 2.05) is 6.07 Å². The molecule has 2 fully saturated rings. The Hall–Kier alpha value is -1.57. The number of likely N-dealkylation sites (tertiary alicyclic amines) is 2. The lowest BCUT2D eigenvalue weighted by Gasteiger charge is -2.35. The molecule has 1 atom stereocenters. The first-order valence-electron chi connectivity index (χ1n) is 11.7. The fourth-order valence-corrected chi connectivity index (χ4v) is 4.38. The van der Waals surface area contributed by atoms with Gasteiger partial charge in [-0.3, -0.25) is 9.89 Å². The third-order valence-corrected chi connectivity index (χ3v) is 6.04. The summed E-state index contributed by atoms with van der Waals surface area (Å²) < 4.78 is 16.9. The van der Waals surface area contributed by atoms with Gasteiger partial charge < -0.3 is 24.1 Å². The van der Waals surface area contributed by atoms with E-state index < -0.39 is 0 Å². The van der Waals surface area contributed by atoms with Crippen LogP contribution in [0.3, 0.4) is 0 Å². The average Bonchev–Trinajstić information content (AvgIpc) is 3.32. The summed E-state index contributed by atoms with van der Waals surface area (Å²) in [6.45, 7) is 9.51. The lowest BCUT2D eigenvalue weighted by atomic mass is 10.1. The average molecular weight is 421 g/mol. The molecule has 2 aliphatic rings. The van der Waals surface area contributed by atoms with Crippen LogP contribution in [0.4, 0.5) is 0 Å². The standard InChI is InChI=1S/C23H40N4O3/c1-3-24-23(27-14-10-20(11-15-27)29-18-8-16-28-2)25-19-21(22-9-7-17-30-22)26-12-5-4-6-13-26/h7,9,17,20-21H,3-6,8,10-16,18-19H2,1-2H3,(H,24,25). The van der Waals surface area contributed by atoms with Gasteiger partial charge in [-0.1, -0.05) is 6.42 Å². The van der Waals surface area contributed by atoms with Crippen molar-refractivity contribution in [2.45, 2.75) is 57.6 Å². The molecule has 0 radical (unpaired) electrons. The second-order valence-corrected chi connectivity index (χ2v) is 8.23. The molecule has 7 heteroatoms. The monoisotopic (exact) mass is 420 g/mol. The number of hydrogen-bond donors (Lipinski definition) is 1. The highest BCUT2D eigenvalue weighted by Gasteiger charge is 2.26. The maximum atomic E-state index is 6.01. The number of furan rings is 1. The van der Waals surface area contributed by atoms with Gasteiger partial charge in [0, 0.05) is 40.0 Å². The summed E-state index contributed by atoms with van der Waals surface area (Å²) in [5.74, 6) is 2.04. The number of piperidine rings is 2. The van der Waals surface area contributed by atoms with Gasteiger partial charge in [-0.05, 0) is 64.3 Å². The first kappa shape index (κ1) is 23.1. The molecule has 30 heavy (non-hydrogen) atoms. The molecule has 1 N–H and O–H groups in total. The van der Waals surface area contributed by atoms with Gasteiger partial charge in [0.2, 0.25) is 0 Å². The van der Waals surface area contributed by atoms with Crippen molar-refractivity contribution < 1.29 is 13.9 Å². The number of hydrogen-bond acceptors (Lipinski definition) is 5. The van der Waals surface area contributed by atoms with Crippen molar-refractivity contribution in [1.29, 1.82) is 0 Å². The molecule has 1 aromatic rings. The smallest absolute Gasteiger partial charge is 0.193 e. The van der Waals surface area contributed by atoms with Crippen molar-refractivity contribution in [3.63, 3.8) is 0 Å². The molecule has 2 saturated heterocycles. The van der Waals surface area contributed by atoms with Crippen LogP contribution in [-0.2, 0) is 9.47 Å². The molecule has 0 amide bonds. The van der Waals surface area contributed by atoms with E-state index in [0.29, 0.717) is 6.10 Å². The Kier molecular flexibility index (Phi) is 9.99. The van der Waals surface area contributed by atoms with Gasteiger partial charge in [0.25, 0.3) is 0 Å². The molecule has 2 aliphatic heterocycles. The minimum atomic E-state index is 0.218. The Balaban J connectivity index is 1.56. The molecule has 0 aliphatic carbocycles. The predicted molar refractivity (Wildman–Crippen MR) is 120 cm³/mol. The van der Waals surface area contributed by atoms with Crippen LogP contribution in [0.5, 0.6) is 0 Å². The summed E-state index contributed by atoms with van der Waals surface area (Å²) in [7, 11) is 1.74. The van der Waals surface area contributed by atoms with Gasteiger partial charge >= 0.3 is 0 Å². The van der Waals surface area contributed by atoms with Gasteiger partial charge in [0.15, 0.2) is 5.96 Å². The second-order valence-electron chi connectivity index (χ2n) is 8.23. The van der Waals surface area contributed by atoms with Crippen LogP contribution in [0.2, 0.25) is 0 Å². The summed E-state index contributed by atoms with van der Waals surface area (Å²) in [5.41, 5.74) is 0. The van der Waals surface area contributed by atoms with E-state index in [2.05, 4.69) is 28.1 Å². The Bertz CT molecular complexity index is 594. The molecule has 7 nitrogen and oxygen atoms in total. The molecule has 0 aromatic carbocycles. The van der Waals surface area contributed by atoms with Crippen LogP contribution < -0.4 is 5.32 Å². The van der Waals surface area contributed by atoms with Crippen molar-refractivity contribution in [2.75, 3.05) is 59.6 Å². The summed E-state index contributed by atoms with van der Waals surface area (Å²) in [5, 5.41) is 3.50. The summed E-state index contributed by atoms with van der Waals surface area (Å²) in [6, 6.07) is 4.29. The fourth-order valence-electron chi connectivity index (χ4n) is 4.38. The van der Waals surface area contributed by atoms with E-state index in [4.69, 9.17) is 18.9 Å². The Morgan fingerprint density at radius 2 is 2.00 bits per heavy atom. The lowest BCUT2D eigenvalue weighted by molar-refractivity contribution is 0.00987. The van der Waals surface area contributed by atoms with E-state index >= 15 is 0 Å². The number of nitrogens with zero attached hydrogens (tertiary/aromatic N) is 3. The van der Waals surface area contributed by atoms with Crippen molar-refractivity contribution in [1.82, 2.24) is 15.1 Å². The lowest BCUT2D eigenvalue weighted by Crippen LogP contribution is -2.47. The van der Waals surface area contributed by atoms with Gasteiger partial charge in [0.05, 0.1) is 25.0 Å². The number of ether oxygens (including phenoxy) is 2. The van der Waals surface area contributed by atoms with Crippen LogP contribution in [0.1, 0.15) is 57.3 Å². The van der Waals surface area contributed by atoms with E-state index in [1.54, 1.807) is 13.4 Å². The molecule has 0 bridgehead atoms. The fraction of sp³-hybridized carbons (Fsp3) is 0.783. The highest BCUT2D eigenvalue weighted by atomic mass is 16.5. The molecule has 3 heterocycles. The van der Waals surface area contributed by atoms with Crippen LogP contribution in [0.15, 0.2) is 27.8 Å². The summed E-state index contributed by atoms with van der Waals surface area (Å²) >= 11 is 0. The highest BCUT2D eigenvalue weighted by Crippen LogP contribution is 2.25. The van der Waals surface area contributed by atoms with Gasteiger partial charge in [-0.25, -0.2) is 0 Å². The minimum Gasteiger partial charge on any atom is -0.468 e. The number of methoxy groups -OCH3 is 1. The summed E-state index contributed by atoms with van der Waals surface area (Å²) in [4.78, 5) is 9.97. The molecule has 1 unspecified atom stereocenters. The molecule has 170 valence electrons. The third-order valence-electron chi connectivity index (χ3n) is 6.04. The molecular weight excluding hydrogens is 380 g/mol. The van der Waals surface area contributed by atoms with E-state index in [0.717, 1.165) is 83.5 Å². The number of rotatable bonds is 10. The molecule has 1 aromatic heterocycles. The Morgan fingerprint density at radius 1 is 1.20 bits per heavy atom. The van der Waals surface area contributed by atoms with Crippen molar-refractivity contribution in [3.05, 3.63) is 24.2 Å². The van der Waals surface area contributed by atoms with Crippen molar-refractivity contribution >= 4 is 5.96 Å². The molecule has 0 spiro atoms. The molecule has 0 saturated carbocycles. The topological polar surface area (TPSA) is 62.5 Å². The first-order valence-corrected chi connectivity index (χ1v) is 11.7. The van der Waals surface area contributed by atoms with Crippen LogP contribution >= 0.6 is 0 Å². The number of nitrogens with one attached hydrogen (secondary N) is 1. The summed E-state index contributed by atoms with van der Waals surface area (Å²) in [6.07, 6.45) is 9.04. The number of aliphatic imine (C=N–C) groups is 1. The Morgan fingerprint density at radius 3 is 2.67 bits per heavy atom. The van der Waals surface area contributed by atoms with Crippen molar-refractivity contribution in [3.8, 4) is 0 Å². The van der Waals surface area contributed by atoms with Gasteiger partial charge in [-0.2, -0.15) is 0 Å². The van der Waals surface area contributed by atoms with E-state index in [9.17, 15) is 0 Å². The quantitative estimate of drug-likeness (QED) is 0.356. The van der Waals surface area contributed by atoms with Crippen LogP contribution in [0, 0.1) is 0 Å². The van der Waals surface area contributed by atoms with Gasteiger partial charge in [-0.15, -0.1) is 0 Å². The zero-order chi connectivity index (χ0) is 21.0. The first-order chi connectivity index (χ1) is 14.8. The minimum absolute atomic E-state index is 0.218. The largest absolute Gasteiger partial charge is 0.468 e. The van der Waals surface area contributed by atoms with Crippen molar-refractivity contribution in [2.24, 2.45) is 4.99 Å². The van der Waals surface area contributed by atoms with Crippen LogP contribution in [-0.4, -0.2) is 81.5 Å². The zero-order valence-electron chi connectivity index (χ0n) is 18.9. The molecular formula is C23H40N4O3. The maximum absolute atomic E-state index is 6.01. The highest BCUT2D eigenvalue weighted by molar-refractivity contribution is 5.80.